The Hall–Kier alpha value is -1.88. The minimum Gasteiger partial charge on any atom is -0.474 e. The molecule has 0 atom stereocenters. The van der Waals surface area contributed by atoms with Crippen LogP contribution in [0.2, 0.25) is 0 Å². The number of carboxylic acid groups (broad SMARTS) is 1. The second-order valence-electron chi connectivity index (χ2n) is 3.51. The molecule has 0 saturated carbocycles. The molecule has 0 aromatic heterocycles. The lowest BCUT2D eigenvalue weighted by Crippen LogP contribution is -2.38. The van der Waals surface area contributed by atoms with Crippen LogP contribution < -0.4 is 0 Å². The van der Waals surface area contributed by atoms with Gasteiger partial charge in [0.1, 0.15) is 0 Å². The summed E-state index contributed by atoms with van der Waals surface area (Å²) >= 11 is 0. The van der Waals surface area contributed by atoms with Gasteiger partial charge in [0.25, 0.3) is 0 Å². The highest BCUT2D eigenvalue weighted by molar-refractivity contribution is 6.31. The third kappa shape index (κ3) is 4.24. The average Bonchev–Trinajstić information content (AvgIpc) is 2.34. The van der Waals surface area contributed by atoms with E-state index in [1.807, 2.05) is 30.3 Å². The van der Waals surface area contributed by atoms with Crippen molar-refractivity contribution < 1.29 is 19.4 Å². The second-order valence-corrected chi connectivity index (χ2v) is 3.51. The quantitative estimate of drug-likeness (QED) is 0.767. The Kier molecular flexibility index (Phi) is 5.16. The lowest BCUT2D eigenvalue weighted by atomic mass is 10.2. The molecule has 0 bridgehead atoms. The Bertz CT molecular complexity index is 377. The molecule has 1 rings (SSSR count). The summed E-state index contributed by atoms with van der Waals surface area (Å²) in [6, 6.07) is 9.23. The van der Waals surface area contributed by atoms with Crippen LogP contribution >= 0.6 is 0 Å². The summed E-state index contributed by atoms with van der Waals surface area (Å²) in [5.74, 6) is -2.36. The molecule has 0 radical (unpaired) electrons. The number of rotatable bonds is 5. The third-order valence-electron chi connectivity index (χ3n) is 2.25. The highest BCUT2D eigenvalue weighted by Gasteiger charge is 2.20. The number of ether oxygens (including phenoxy) is 1. The zero-order valence-corrected chi connectivity index (χ0v) is 9.63. The fourth-order valence-corrected chi connectivity index (χ4v) is 1.39. The molecule has 5 heteroatoms. The maximum Gasteiger partial charge on any atom is 0.394 e. The number of hydrogen-bond acceptors (Lipinski definition) is 3. The van der Waals surface area contributed by atoms with Crippen LogP contribution in [0.3, 0.4) is 0 Å². The first-order valence-electron chi connectivity index (χ1n) is 5.20. The van der Waals surface area contributed by atoms with Crippen molar-refractivity contribution in [3.8, 4) is 0 Å². The van der Waals surface area contributed by atoms with Crippen LogP contribution in [-0.4, -0.2) is 42.1 Å². The number of benzene rings is 1. The number of carbonyl (C=O) groups is 2. The second kappa shape index (κ2) is 6.65. The maximum atomic E-state index is 11.4. The topological polar surface area (TPSA) is 66.8 Å². The lowest BCUT2D eigenvalue weighted by molar-refractivity contribution is -0.156. The summed E-state index contributed by atoms with van der Waals surface area (Å²) < 4.78 is 4.85. The van der Waals surface area contributed by atoms with Crippen LogP contribution in [-0.2, 0) is 20.9 Å². The van der Waals surface area contributed by atoms with Gasteiger partial charge in [0, 0.05) is 20.2 Å². The molecule has 5 nitrogen and oxygen atoms in total. The Morgan fingerprint density at radius 3 is 2.47 bits per heavy atom. The Morgan fingerprint density at radius 2 is 1.94 bits per heavy atom. The van der Waals surface area contributed by atoms with Crippen molar-refractivity contribution in [2.75, 3.05) is 20.3 Å². The number of nitrogens with zero attached hydrogens (tertiary/aromatic N) is 1. The predicted molar refractivity (Wildman–Crippen MR) is 61.4 cm³/mol. The van der Waals surface area contributed by atoms with E-state index < -0.39 is 11.9 Å². The highest BCUT2D eigenvalue weighted by atomic mass is 16.5. The van der Waals surface area contributed by atoms with Gasteiger partial charge in [0.05, 0.1) is 6.61 Å². The Labute approximate surface area is 99.6 Å². The molecule has 0 spiro atoms. The molecular formula is C12H15NO4. The van der Waals surface area contributed by atoms with Crippen molar-refractivity contribution >= 4 is 11.9 Å². The largest absolute Gasteiger partial charge is 0.474 e. The van der Waals surface area contributed by atoms with Crippen molar-refractivity contribution in [3.63, 3.8) is 0 Å². The minimum absolute atomic E-state index is 0.260. The summed E-state index contributed by atoms with van der Waals surface area (Å²) in [5.41, 5.74) is 0.887. The summed E-state index contributed by atoms with van der Waals surface area (Å²) in [6.45, 7) is 0.845. The van der Waals surface area contributed by atoms with Gasteiger partial charge >= 0.3 is 11.9 Å². The lowest BCUT2D eigenvalue weighted by Gasteiger charge is -2.20. The number of amides is 1. The fraction of sp³-hybridized carbons (Fsp3) is 0.333. The van der Waals surface area contributed by atoms with E-state index in [2.05, 4.69) is 0 Å². The van der Waals surface area contributed by atoms with Crippen LogP contribution in [0.1, 0.15) is 5.56 Å². The molecule has 1 amide bonds. The van der Waals surface area contributed by atoms with Crippen LogP contribution in [0.5, 0.6) is 0 Å². The molecule has 1 aromatic rings. The maximum absolute atomic E-state index is 11.4. The molecular weight excluding hydrogens is 222 g/mol. The summed E-state index contributed by atoms with van der Waals surface area (Å²) in [7, 11) is 1.51. The van der Waals surface area contributed by atoms with E-state index in [1.165, 1.54) is 12.0 Å². The van der Waals surface area contributed by atoms with E-state index in [-0.39, 0.29) is 13.1 Å². The molecule has 0 unspecified atom stereocenters. The van der Waals surface area contributed by atoms with Crippen molar-refractivity contribution in [2.45, 2.75) is 6.54 Å². The first kappa shape index (κ1) is 13.2. The number of carbonyl (C=O) groups excluding carboxylic acids is 1. The Morgan fingerprint density at radius 1 is 1.29 bits per heavy atom. The van der Waals surface area contributed by atoms with Gasteiger partial charge in [0.15, 0.2) is 0 Å². The zero-order valence-electron chi connectivity index (χ0n) is 9.63. The average molecular weight is 237 g/mol. The van der Waals surface area contributed by atoms with E-state index in [0.717, 1.165) is 5.56 Å². The standard InChI is InChI=1S/C12H15NO4/c1-17-8-7-13(11(14)12(15)16)9-10-5-3-2-4-6-10/h2-6H,7-9H2,1H3,(H,15,16). The van der Waals surface area contributed by atoms with Crippen LogP contribution in [0.4, 0.5) is 0 Å². The monoisotopic (exact) mass is 237 g/mol. The van der Waals surface area contributed by atoms with E-state index >= 15 is 0 Å². The predicted octanol–water partition coefficient (Wildman–Crippen LogP) is 0.746. The van der Waals surface area contributed by atoms with E-state index in [0.29, 0.717) is 6.61 Å². The number of methoxy groups -OCH3 is 1. The summed E-state index contributed by atoms with van der Waals surface area (Å²) in [5, 5.41) is 8.70. The first-order chi connectivity index (χ1) is 8.15. The van der Waals surface area contributed by atoms with E-state index in [1.54, 1.807) is 0 Å². The van der Waals surface area contributed by atoms with Crippen LogP contribution in [0.15, 0.2) is 30.3 Å². The number of carboxylic acids is 1. The Balaban J connectivity index is 2.70. The SMILES string of the molecule is COCCN(Cc1ccccc1)C(=O)C(=O)O. The van der Waals surface area contributed by atoms with Crippen LogP contribution in [0.25, 0.3) is 0 Å². The molecule has 1 aromatic carbocycles. The van der Waals surface area contributed by atoms with Gasteiger partial charge in [-0.05, 0) is 5.56 Å². The molecule has 17 heavy (non-hydrogen) atoms. The van der Waals surface area contributed by atoms with Gasteiger partial charge < -0.3 is 14.7 Å². The molecule has 0 aliphatic rings. The molecule has 0 fully saturated rings. The van der Waals surface area contributed by atoms with Crippen molar-refractivity contribution in [2.24, 2.45) is 0 Å². The van der Waals surface area contributed by atoms with Gasteiger partial charge in [-0.25, -0.2) is 4.79 Å². The highest BCUT2D eigenvalue weighted by Crippen LogP contribution is 2.04. The normalized spacial score (nSPS) is 9.94. The zero-order chi connectivity index (χ0) is 12.7. The molecule has 1 N–H and O–H groups in total. The molecule has 0 saturated heterocycles. The van der Waals surface area contributed by atoms with Gasteiger partial charge in [-0.2, -0.15) is 0 Å². The summed E-state index contributed by atoms with van der Waals surface area (Å²) in [6.07, 6.45) is 0. The minimum atomic E-state index is -1.45. The van der Waals surface area contributed by atoms with Gasteiger partial charge in [-0.1, -0.05) is 30.3 Å². The van der Waals surface area contributed by atoms with Crippen molar-refractivity contribution in [1.82, 2.24) is 4.90 Å². The van der Waals surface area contributed by atoms with E-state index in [9.17, 15) is 9.59 Å². The first-order valence-corrected chi connectivity index (χ1v) is 5.20. The smallest absolute Gasteiger partial charge is 0.394 e. The van der Waals surface area contributed by atoms with E-state index in [4.69, 9.17) is 9.84 Å². The molecule has 0 aliphatic heterocycles. The van der Waals surface area contributed by atoms with Gasteiger partial charge in [-0.15, -0.1) is 0 Å². The molecule has 0 heterocycles. The van der Waals surface area contributed by atoms with Crippen molar-refractivity contribution in [3.05, 3.63) is 35.9 Å². The fourth-order valence-electron chi connectivity index (χ4n) is 1.39. The number of hydrogen-bond donors (Lipinski definition) is 1. The van der Waals surface area contributed by atoms with Gasteiger partial charge in [0.2, 0.25) is 0 Å². The third-order valence-corrected chi connectivity index (χ3v) is 2.25. The summed E-state index contributed by atoms with van der Waals surface area (Å²) in [4.78, 5) is 23.3. The van der Waals surface area contributed by atoms with Crippen molar-refractivity contribution in [1.29, 1.82) is 0 Å². The molecule has 92 valence electrons. The molecule has 0 aliphatic carbocycles. The van der Waals surface area contributed by atoms with Crippen LogP contribution in [0, 0.1) is 0 Å². The number of aliphatic carboxylic acids is 1. The van der Waals surface area contributed by atoms with Gasteiger partial charge in [-0.3, -0.25) is 4.79 Å².